The Hall–Kier alpha value is -2.21. The van der Waals surface area contributed by atoms with Crippen molar-refractivity contribution in [2.75, 3.05) is 0 Å². The lowest BCUT2D eigenvalue weighted by atomic mass is 9.52. The van der Waals surface area contributed by atoms with Gasteiger partial charge in [0.1, 0.15) is 12.2 Å². The Bertz CT molecular complexity index is 1160. The largest absolute Gasteiger partial charge is 0.458 e. The molecule has 3 fully saturated rings. The third-order valence-electron chi connectivity index (χ3n) is 11.1. The fraction of sp³-hybridized carbons (Fsp3) is 0.700. The molecular formula is C30H38O6. The molecule has 2 saturated heterocycles. The minimum absolute atomic E-state index is 0.109. The summed E-state index contributed by atoms with van der Waals surface area (Å²) in [7, 11) is 0. The van der Waals surface area contributed by atoms with E-state index in [0.29, 0.717) is 18.4 Å². The maximum Gasteiger partial charge on any atom is 0.333 e. The fourth-order valence-electron chi connectivity index (χ4n) is 8.91. The average molecular weight is 495 g/mol. The van der Waals surface area contributed by atoms with Crippen LogP contribution in [0.25, 0.3) is 0 Å². The molecule has 0 amide bonds. The van der Waals surface area contributed by atoms with E-state index in [1.54, 1.807) is 6.92 Å². The molecule has 0 N–H and O–H groups in total. The molecule has 6 aliphatic rings. The SMILES string of the molecule is CC1=CC[C@H]([C@@H](C)[C@H]2CC[C@@]3(C)C4=C(C[C@]56OC(=O)C[C@H]5OC(C)(C)[C@@H]6C=C4)C(=O)C[C@]23C)OC1=O. The van der Waals surface area contributed by atoms with E-state index in [0.717, 1.165) is 30.4 Å². The topological polar surface area (TPSA) is 78.9 Å². The molecule has 1 spiro atoms. The number of ketones is 1. The second-order valence-corrected chi connectivity index (χ2v) is 13.2. The molecule has 0 aromatic carbocycles. The van der Waals surface area contributed by atoms with Crippen molar-refractivity contribution in [1.82, 2.24) is 0 Å². The van der Waals surface area contributed by atoms with Gasteiger partial charge in [-0.25, -0.2) is 4.79 Å². The molecule has 6 nitrogen and oxygen atoms in total. The van der Waals surface area contributed by atoms with Gasteiger partial charge in [0, 0.05) is 36.3 Å². The van der Waals surface area contributed by atoms with Crippen molar-refractivity contribution in [3.05, 3.63) is 34.9 Å². The molecule has 194 valence electrons. The number of cyclic esters (lactones) is 1. The molecule has 0 aromatic rings. The van der Waals surface area contributed by atoms with Gasteiger partial charge in [0.15, 0.2) is 11.4 Å². The van der Waals surface area contributed by atoms with Crippen molar-refractivity contribution in [1.29, 1.82) is 0 Å². The van der Waals surface area contributed by atoms with Crippen LogP contribution in [0, 0.1) is 28.6 Å². The van der Waals surface area contributed by atoms with Crippen LogP contribution in [0.5, 0.6) is 0 Å². The standard InChI is InChI=1S/C30H38O6/c1-16-7-9-22(34-26(16)33)17(2)19-11-12-28(5)20-8-10-23-27(3,4)35-24-13-25(32)36-30(23,24)14-18(20)21(31)15-29(19,28)6/h7-8,10,17,19,22-24H,9,11-15H2,1-6H3/t17-,19+,22+,23-,24+,28-,29+,30+/m0/s1. The van der Waals surface area contributed by atoms with Gasteiger partial charge < -0.3 is 14.2 Å². The van der Waals surface area contributed by atoms with Crippen LogP contribution in [0.15, 0.2) is 34.9 Å². The number of esters is 2. The van der Waals surface area contributed by atoms with Crippen LogP contribution < -0.4 is 0 Å². The van der Waals surface area contributed by atoms with Crippen molar-refractivity contribution in [2.24, 2.45) is 28.6 Å². The van der Waals surface area contributed by atoms with Gasteiger partial charge in [0.25, 0.3) is 0 Å². The number of fused-ring (bicyclic) bond motifs is 2. The fourth-order valence-corrected chi connectivity index (χ4v) is 8.91. The van der Waals surface area contributed by atoms with E-state index in [2.05, 4.69) is 46.8 Å². The highest BCUT2D eigenvalue weighted by molar-refractivity contribution is 5.99. The Morgan fingerprint density at radius 3 is 2.56 bits per heavy atom. The summed E-state index contributed by atoms with van der Waals surface area (Å²) in [4.78, 5) is 38.7. The van der Waals surface area contributed by atoms with Crippen molar-refractivity contribution in [3.63, 3.8) is 0 Å². The summed E-state index contributed by atoms with van der Waals surface area (Å²) in [5, 5.41) is 0. The summed E-state index contributed by atoms with van der Waals surface area (Å²) in [5.74, 6) is 0.000607. The van der Waals surface area contributed by atoms with E-state index in [1.165, 1.54) is 0 Å². The first-order chi connectivity index (χ1) is 16.8. The van der Waals surface area contributed by atoms with Crippen LogP contribution in [-0.2, 0) is 28.6 Å². The monoisotopic (exact) mass is 494 g/mol. The summed E-state index contributed by atoms with van der Waals surface area (Å²) in [6, 6.07) is 0. The van der Waals surface area contributed by atoms with Crippen molar-refractivity contribution >= 4 is 17.7 Å². The normalized spacial score (nSPS) is 45.7. The van der Waals surface area contributed by atoms with Crippen molar-refractivity contribution < 1.29 is 28.6 Å². The van der Waals surface area contributed by atoms with Crippen molar-refractivity contribution in [2.45, 2.75) is 103 Å². The summed E-state index contributed by atoms with van der Waals surface area (Å²) < 4.78 is 18.2. The van der Waals surface area contributed by atoms with Gasteiger partial charge >= 0.3 is 11.9 Å². The summed E-state index contributed by atoms with van der Waals surface area (Å²) >= 11 is 0. The zero-order chi connectivity index (χ0) is 25.8. The third kappa shape index (κ3) is 2.97. The van der Waals surface area contributed by atoms with Gasteiger partial charge in [0.2, 0.25) is 0 Å². The van der Waals surface area contributed by atoms with Gasteiger partial charge in [-0.15, -0.1) is 0 Å². The van der Waals surface area contributed by atoms with E-state index in [-0.39, 0.29) is 64.9 Å². The molecule has 6 rings (SSSR count). The number of Topliss-reactive ketones (excluding diaryl/α,β-unsaturated/α-hetero) is 1. The zero-order valence-corrected chi connectivity index (χ0v) is 22.3. The Kier molecular flexibility index (Phi) is 4.98. The number of carbonyl (C=O) groups excluding carboxylic acids is 3. The molecule has 0 aromatic heterocycles. The third-order valence-corrected chi connectivity index (χ3v) is 11.1. The lowest BCUT2D eigenvalue weighted by molar-refractivity contribution is -0.151. The smallest absolute Gasteiger partial charge is 0.333 e. The van der Waals surface area contributed by atoms with E-state index in [9.17, 15) is 14.4 Å². The molecule has 3 aliphatic heterocycles. The molecule has 6 heteroatoms. The Labute approximate surface area is 213 Å². The first kappa shape index (κ1) is 24.1. The highest BCUT2D eigenvalue weighted by Crippen LogP contribution is 2.68. The molecule has 3 heterocycles. The second-order valence-electron chi connectivity index (χ2n) is 13.2. The first-order valence-corrected chi connectivity index (χ1v) is 13.5. The molecule has 0 bridgehead atoms. The Balaban J connectivity index is 1.39. The van der Waals surface area contributed by atoms with Crippen molar-refractivity contribution in [3.8, 4) is 0 Å². The quantitative estimate of drug-likeness (QED) is 0.502. The first-order valence-electron chi connectivity index (χ1n) is 13.5. The summed E-state index contributed by atoms with van der Waals surface area (Å²) in [6.45, 7) is 12.7. The molecule has 0 unspecified atom stereocenters. The van der Waals surface area contributed by atoms with Gasteiger partial charge in [-0.2, -0.15) is 0 Å². The van der Waals surface area contributed by atoms with Gasteiger partial charge in [-0.05, 0) is 61.9 Å². The van der Waals surface area contributed by atoms with Crippen LogP contribution in [0.1, 0.15) is 80.1 Å². The molecular weight excluding hydrogens is 456 g/mol. The lowest BCUT2D eigenvalue weighted by Crippen LogP contribution is -2.49. The minimum atomic E-state index is -0.806. The number of ether oxygens (including phenoxy) is 3. The number of rotatable bonds is 2. The summed E-state index contributed by atoms with van der Waals surface area (Å²) in [6.07, 6.45) is 9.67. The van der Waals surface area contributed by atoms with Crippen LogP contribution in [-0.4, -0.2) is 41.1 Å². The molecule has 36 heavy (non-hydrogen) atoms. The van der Waals surface area contributed by atoms with Gasteiger partial charge in [-0.3, -0.25) is 9.59 Å². The predicted molar refractivity (Wildman–Crippen MR) is 133 cm³/mol. The van der Waals surface area contributed by atoms with Gasteiger partial charge in [0.05, 0.1) is 12.0 Å². The van der Waals surface area contributed by atoms with E-state index < -0.39 is 11.2 Å². The second kappa shape index (κ2) is 7.43. The Morgan fingerprint density at radius 2 is 1.83 bits per heavy atom. The van der Waals surface area contributed by atoms with Crippen LogP contribution in [0.3, 0.4) is 0 Å². The lowest BCUT2D eigenvalue weighted by Gasteiger charge is -2.51. The zero-order valence-electron chi connectivity index (χ0n) is 22.3. The molecule has 0 radical (unpaired) electrons. The highest BCUT2D eigenvalue weighted by atomic mass is 16.6. The van der Waals surface area contributed by atoms with Crippen LogP contribution in [0.4, 0.5) is 0 Å². The molecule has 8 atom stereocenters. The summed E-state index contributed by atoms with van der Waals surface area (Å²) in [5.41, 5.74) is 0.903. The van der Waals surface area contributed by atoms with E-state index >= 15 is 0 Å². The molecule has 3 aliphatic carbocycles. The van der Waals surface area contributed by atoms with E-state index in [4.69, 9.17) is 14.2 Å². The van der Waals surface area contributed by atoms with Crippen LogP contribution in [0.2, 0.25) is 0 Å². The van der Waals surface area contributed by atoms with Gasteiger partial charge in [-0.1, -0.05) is 39.0 Å². The van der Waals surface area contributed by atoms with Crippen LogP contribution >= 0.6 is 0 Å². The highest BCUT2D eigenvalue weighted by Gasteiger charge is 2.68. The maximum absolute atomic E-state index is 14.0. The average Bonchev–Trinajstić information content (AvgIpc) is 3.23. The van der Waals surface area contributed by atoms with E-state index in [1.807, 2.05) is 6.08 Å². The number of allylic oxidation sites excluding steroid dienone is 2. The number of hydrogen-bond acceptors (Lipinski definition) is 6. The number of carbonyl (C=O) groups is 3. The molecule has 1 saturated carbocycles. The Morgan fingerprint density at radius 1 is 1.08 bits per heavy atom. The predicted octanol–water partition coefficient (Wildman–Crippen LogP) is 5.02. The maximum atomic E-state index is 14.0. The number of hydrogen-bond donors (Lipinski definition) is 0. The minimum Gasteiger partial charge on any atom is -0.458 e.